The third-order valence-corrected chi connectivity index (χ3v) is 8.63. The van der Waals surface area contributed by atoms with Crippen molar-refractivity contribution in [2.24, 2.45) is 11.7 Å². The highest BCUT2D eigenvalue weighted by atomic mass is 35.5. The predicted octanol–water partition coefficient (Wildman–Crippen LogP) is 3.29. The Labute approximate surface area is 264 Å². The highest BCUT2D eigenvalue weighted by Gasteiger charge is 2.36. The Bertz CT molecular complexity index is 1240. The molecule has 11 heteroatoms. The van der Waals surface area contributed by atoms with Crippen LogP contribution in [0.5, 0.6) is 0 Å². The van der Waals surface area contributed by atoms with Crippen LogP contribution in [0.1, 0.15) is 49.7 Å². The molecule has 0 aromatic heterocycles. The number of nitrogens with two attached hydrogens (primary N) is 1. The average molecular weight is 629 g/mol. The Morgan fingerprint density at radius 1 is 0.955 bits per heavy atom. The highest BCUT2D eigenvalue weighted by Crippen LogP contribution is 2.26. The summed E-state index contributed by atoms with van der Waals surface area (Å²) in [6, 6.07) is 14.7. The van der Waals surface area contributed by atoms with Crippen LogP contribution in [0.15, 0.2) is 54.6 Å². The lowest BCUT2D eigenvalue weighted by molar-refractivity contribution is -0.145. The first-order chi connectivity index (χ1) is 21.0. The number of hydrogen-bond acceptors (Lipinski definition) is 6. The molecule has 0 bridgehead atoms. The van der Waals surface area contributed by atoms with Gasteiger partial charge >= 0.3 is 5.97 Å². The predicted molar refractivity (Wildman–Crippen MR) is 169 cm³/mol. The fourth-order valence-corrected chi connectivity index (χ4v) is 6.09. The number of ether oxygens (including phenoxy) is 1. The number of methoxy groups -OCH3 is 1. The molecule has 3 rings (SSSR count). The Morgan fingerprint density at radius 3 is 2.23 bits per heavy atom. The molecule has 240 valence electrons. The number of carboxylic acids is 1. The van der Waals surface area contributed by atoms with Crippen LogP contribution in [0, 0.1) is 5.92 Å². The van der Waals surface area contributed by atoms with Gasteiger partial charge in [-0.3, -0.25) is 19.2 Å². The van der Waals surface area contributed by atoms with Gasteiger partial charge in [0.25, 0.3) is 0 Å². The van der Waals surface area contributed by atoms with Crippen molar-refractivity contribution in [1.82, 2.24) is 15.1 Å². The fraction of sp³-hybridized carbons (Fsp3) is 0.515. The zero-order chi connectivity index (χ0) is 32.2. The average Bonchev–Trinajstić information content (AvgIpc) is 3.00. The van der Waals surface area contributed by atoms with Gasteiger partial charge in [-0.15, -0.1) is 0 Å². The maximum atomic E-state index is 13.7. The molecule has 0 saturated heterocycles. The van der Waals surface area contributed by atoms with E-state index in [2.05, 4.69) is 5.32 Å². The second kappa shape index (κ2) is 17.1. The largest absolute Gasteiger partial charge is 0.481 e. The molecule has 3 unspecified atom stereocenters. The molecular weight excluding hydrogens is 584 g/mol. The molecule has 1 aliphatic carbocycles. The van der Waals surface area contributed by atoms with Gasteiger partial charge in [-0.1, -0.05) is 66.9 Å². The molecule has 2 aromatic rings. The van der Waals surface area contributed by atoms with Crippen molar-refractivity contribution in [2.75, 3.05) is 27.8 Å². The van der Waals surface area contributed by atoms with E-state index in [9.17, 15) is 24.3 Å². The lowest BCUT2D eigenvalue weighted by Crippen LogP contribution is -2.56. The second-order valence-electron chi connectivity index (χ2n) is 11.7. The second-order valence-corrected chi connectivity index (χ2v) is 12.1. The molecule has 1 saturated carbocycles. The summed E-state index contributed by atoms with van der Waals surface area (Å²) in [7, 11) is 4.81. The summed E-state index contributed by atoms with van der Waals surface area (Å²) < 4.78 is 5.06. The van der Waals surface area contributed by atoms with E-state index in [1.54, 1.807) is 31.1 Å². The van der Waals surface area contributed by atoms with Gasteiger partial charge in [-0.25, -0.2) is 0 Å². The molecule has 0 heterocycles. The van der Waals surface area contributed by atoms with Crippen molar-refractivity contribution >= 4 is 35.3 Å². The minimum Gasteiger partial charge on any atom is -0.481 e. The number of carbonyl (C=O) groups excluding carboxylic acids is 3. The molecule has 0 spiro atoms. The maximum Gasteiger partial charge on any atom is 0.304 e. The standard InChI is InChI=1S/C33H45ClN4O6/c1-37(33(43)27(35)21-44-3)26(18-23-13-15-25(34)16-14-23)20-30(39)36-28-11-7-8-12-29(28)38(2)32(42)24(19-31(40)41)17-22-9-5-4-6-10-22/h4-6,9-10,13-16,24,26-29H,7-8,11-12,17-21,35H2,1-3H3,(H,36,39)(H,40,41)/t24?,26?,27?,28-,29-/m0/s1. The third-order valence-electron chi connectivity index (χ3n) is 8.38. The van der Waals surface area contributed by atoms with E-state index in [1.165, 1.54) is 12.0 Å². The smallest absolute Gasteiger partial charge is 0.304 e. The minimum atomic E-state index is -1.03. The lowest BCUT2D eigenvalue weighted by atomic mass is 9.87. The summed E-state index contributed by atoms with van der Waals surface area (Å²) in [5, 5.41) is 13.3. The molecule has 0 radical (unpaired) electrons. The Kier molecular flexibility index (Phi) is 13.6. The highest BCUT2D eigenvalue weighted by molar-refractivity contribution is 6.30. The van der Waals surface area contributed by atoms with Crippen LogP contribution in [-0.2, 0) is 36.8 Å². The Balaban J connectivity index is 1.74. The van der Waals surface area contributed by atoms with Crippen molar-refractivity contribution in [3.63, 3.8) is 0 Å². The molecule has 5 atom stereocenters. The van der Waals surface area contributed by atoms with E-state index in [1.807, 2.05) is 42.5 Å². The number of carboxylic acid groups (broad SMARTS) is 1. The van der Waals surface area contributed by atoms with Crippen LogP contribution >= 0.6 is 11.6 Å². The minimum absolute atomic E-state index is 0.0289. The van der Waals surface area contributed by atoms with Crippen molar-refractivity contribution in [2.45, 2.75) is 75.5 Å². The van der Waals surface area contributed by atoms with E-state index in [4.69, 9.17) is 22.1 Å². The molecule has 44 heavy (non-hydrogen) atoms. The lowest BCUT2D eigenvalue weighted by Gasteiger charge is -2.40. The zero-order valence-electron chi connectivity index (χ0n) is 25.8. The number of hydrogen-bond donors (Lipinski definition) is 3. The van der Waals surface area contributed by atoms with Gasteiger partial charge < -0.3 is 30.7 Å². The Morgan fingerprint density at radius 2 is 1.59 bits per heavy atom. The van der Waals surface area contributed by atoms with Crippen LogP contribution in [0.4, 0.5) is 0 Å². The van der Waals surface area contributed by atoms with Crippen LogP contribution in [-0.4, -0.2) is 90.6 Å². The molecule has 2 aromatic carbocycles. The van der Waals surface area contributed by atoms with Crippen molar-refractivity contribution in [3.8, 4) is 0 Å². The summed E-state index contributed by atoms with van der Waals surface area (Å²) in [4.78, 5) is 55.1. The summed E-state index contributed by atoms with van der Waals surface area (Å²) in [5.74, 6) is -2.58. The summed E-state index contributed by atoms with van der Waals surface area (Å²) in [5.41, 5.74) is 7.84. The van der Waals surface area contributed by atoms with Gasteiger partial charge in [0.1, 0.15) is 6.04 Å². The van der Waals surface area contributed by atoms with Gasteiger partial charge in [0, 0.05) is 44.7 Å². The van der Waals surface area contributed by atoms with E-state index in [0.717, 1.165) is 24.0 Å². The number of benzene rings is 2. The number of amides is 3. The van der Waals surface area contributed by atoms with E-state index in [0.29, 0.717) is 30.7 Å². The summed E-state index contributed by atoms with van der Waals surface area (Å²) in [6.45, 7) is 0.0559. The first-order valence-corrected chi connectivity index (χ1v) is 15.4. The van der Waals surface area contributed by atoms with E-state index in [-0.39, 0.29) is 49.3 Å². The van der Waals surface area contributed by atoms with Gasteiger partial charge in [0.05, 0.1) is 25.0 Å². The Hall–Kier alpha value is -3.47. The number of halogens is 1. The van der Waals surface area contributed by atoms with Crippen molar-refractivity contribution in [3.05, 3.63) is 70.7 Å². The number of nitrogens with one attached hydrogen (secondary N) is 1. The van der Waals surface area contributed by atoms with Crippen molar-refractivity contribution in [1.29, 1.82) is 0 Å². The number of rotatable bonds is 15. The SMILES string of the molecule is COCC(N)C(=O)N(C)C(CC(=O)N[C@H]1CCCC[C@@H]1N(C)C(=O)C(CC(=O)O)Cc1ccccc1)Cc1ccc(Cl)cc1. The van der Waals surface area contributed by atoms with Gasteiger partial charge in [-0.05, 0) is 48.9 Å². The summed E-state index contributed by atoms with van der Waals surface area (Å²) >= 11 is 6.06. The molecule has 10 nitrogen and oxygen atoms in total. The van der Waals surface area contributed by atoms with Crippen LogP contribution in [0.25, 0.3) is 0 Å². The number of aliphatic carboxylic acids is 1. The molecule has 4 N–H and O–H groups in total. The summed E-state index contributed by atoms with van der Waals surface area (Å²) in [6.07, 6.45) is 3.64. The van der Waals surface area contributed by atoms with Gasteiger partial charge in [0.2, 0.25) is 17.7 Å². The molecule has 0 aliphatic heterocycles. The maximum absolute atomic E-state index is 13.7. The van der Waals surface area contributed by atoms with Crippen molar-refractivity contribution < 1.29 is 29.0 Å². The first-order valence-electron chi connectivity index (χ1n) is 15.1. The van der Waals surface area contributed by atoms with Crippen LogP contribution < -0.4 is 11.1 Å². The molecule has 1 fully saturated rings. The first kappa shape index (κ1) is 35.0. The normalized spacial score (nSPS) is 18.5. The van der Waals surface area contributed by atoms with Gasteiger partial charge in [-0.2, -0.15) is 0 Å². The third kappa shape index (κ3) is 10.3. The van der Waals surface area contributed by atoms with E-state index >= 15 is 0 Å². The molecular formula is C33H45ClN4O6. The van der Waals surface area contributed by atoms with Crippen LogP contribution in [0.3, 0.4) is 0 Å². The quantitative estimate of drug-likeness (QED) is 0.275. The number of likely N-dealkylation sites (N-methyl/N-ethyl adjacent to an activating group) is 2. The zero-order valence-corrected chi connectivity index (χ0v) is 26.5. The van der Waals surface area contributed by atoms with E-state index < -0.39 is 24.0 Å². The fourth-order valence-electron chi connectivity index (χ4n) is 5.96. The van der Waals surface area contributed by atoms with Crippen LogP contribution in [0.2, 0.25) is 5.02 Å². The van der Waals surface area contributed by atoms with Gasteiger partial charge in [0.15, 0.2) is 0 Å². The molecule has 3 amide bonds. The monoisotopic (exact) mass is 628 g/mol. The number of nitrogens with zero attached hydrogens (tertiary/aromatic N) is 2. The topological polar surface area (TPSA) is 142 Å². The molecule has 1 aliphatic rings. The number of carbonyl (C=O) groups is 4.